The molecule has 0 N–H and O–H groups in total. The molecule has 0 aliphatic rings. The Hall–Kier alpha value is -0.780. The first kappa shape index (κ1) is 17.3. The molecule has 0 spiro atoms. The topological polar surface area (TPSA) is 0 Å². The van der Waals surface area contributed by atoms with Crippen LogP contribution in [-0.2, 0) is 19.3 Å². The minimum Gasteiger partial charge on any atom is -0.0651 e. The lowest BCUT2D eigenvalue weighted by Crippen LogP contribution is -2.06. The van der Waals surface area contributed by atoms with Gasteiger partial charge in [0.15, 0.2) is 0 Å². The summed E-state index contributed by atoms with van der Waals surface area (Å²) < 4.78 is 0. The molecule has 1 aromatic rings. The SMILES string of the molecule is CCc1cc(CC(CC)CC)cc(CC(CC)CC)c1. The summed E-state index contributed by atoms with van der Waals surface area (Å²) in [5, 5.41) is 0. The van der Waals surface area contributed by atoms with Crippen LogP contribution >= 0.6 is 0 Å². The second kappa shape index (κ2) is 9.21. The quantitative estimate of drug-likeness (QED) is 0.502. The van der Waals surface area contributed by atoms with E-state index in [-0.39, 0.29) is 0 Å². The molecule has 0 unspecified atom stereocenters. The third kappa shape index (κ3) is 5.31. The zero-order valence-corrected chi connectivity index (χ0v) is 14.3. The van der Waals surface area contributed by atoms with E-state index in [1.165, 1.54) is 44.1 Å². The Balaban J connectivity index is 2.89. The molecule has 0 heteroatoms. The van der Waals surface area contributed by atoms with E-state index in [9.17, 15) is 0 Å². The molecule has 0 radical (unpaired) electrons. The molecule has 20 heavy (non-hydrogen) atoms. The van der Waals surface area contributed by atoms with Gasteiger partial charge < -0.3 is 0 Å². The van der Waals surface area contributed by atoms with Crippen molar-refractivity contribution in [2.24, 2.45) is 11.8 Å². The van der Waals surface area contributed by atoms with Crippen LogP contribution in [0.25, 0.3) is 0 Å². The summed E-state index contributed by atoms with van der Waals surface area (Å²) in [5.74, 6) is 1.70. The third-order valence-electron chi connectivity index (χ3n) is 4.88. The predicted octanol–water partition coefficient (Wildman–Crippen LogP) is 6.21. The van der Waals surface area contributed by atoms with Crippen molar-refractivity contribution >= 4 is 0 Å². The molecular formula is C20H34. The van der Waals surface area contributed by atoms with Gasteiger partial charge in [-0.25, -0.2) is 0 Å². The summed E-state index contributed by atoms with van der Waals surface area (Å²) in [6.45, 7) is 11.6. The molecule has 0 atom stereocenters. The van der Waals surface area contributed by atoms with E-state index in [0.717, 1.165) is 18.3 Å². The Labute approximate surface area is 127 Å². The highest BCUT2D eigenvalue weighted by molar-refractivity contribution is 5.31. The first-order valence-corrected chi connectivity index (χ1v) is 8.78. The van der Waals surface area contributed by atoms with Crippen LogP contribution in [0.2, 0.25) is 0 Å². The number of hydrogen-bond acceptors (Lipinski definition) is 0. The second-order valence-corrected chi connectivity index (χ2v) is 6.28. The molecule has 0 saturated heterocycles. The summed E-state index contributed by atoms with van der Waals surface area (Å²) in [6, 6.07) is 7.36. The average Bonchev–Trinajstić information content (AvgIpc) is 2.49. The van der Waals surface area contributed by atoms with E-state index in [2.05, 4.69) is 52.8 Å². The van der Waals surface area contributed by atoms with Crippen LogP contribution in [-0.4, -0.2) is 0 Å². The summed E-state index contributed by atoms with van der Waals surface area (Å²) >= 11 is 0. The van der Waals surface area contributed by atoms with E-state index in [1.807, 2.05) is 0 Å². The van der Waals surface area contributed by atoms with Crippen molar-refractivity contribution in [2.75, 3.05) is 0 Å². The molecule has 0 aliphatic heterocycles. The summed E-state index contributed by atoms with van der Waals surface area (Å²) in [5.41, 5.74) is 4.66. The minimum atomic E-state index is 0.850. The highest BCUT2D eigenvalue weighted by Gasteiger charge is 2.10. The van der Waals surface area contributed by atoms with Gasteiger partial charge in [0.2, 0.25) is 0 Å². The number of rotatable bonds is 9. The Bertz CT molecular complexity index is 337. The Morgan fingerprint density at radius 1 is 0.600 bits per heavy atom. The van der Waals surface area contributed by atoms with Crippen molar-refractivity contribution in [3.05, 3.63) is 34.9 Å². The fraction of sp³-hybridized carbons (Fsp3) is 0.700. The monoisotopic (exact) mass is 274 g/mol. The molecule has 0 bridgehead atoms. The third-order valence-corrected chi connectivity index (χ3v) is 4.88. The van der Waals surface area contributed by atoms with Crippen LogP contribution in [0.5, 0.6) is 0 Å². The summed E-state index contributed by atoms with van der Waals surface area (Å²) in [6.07, 6.45) is 8.88. The number of hydrogen-bond donors (Lipinski definition) is 0. The van der Waals surface area contributed by atoms with Crippen LogP contribution in [0.3, 0.4) is 0 Å². The van der Waals surface area contributed by atoms with Crippen LogP contribution in [0.4, 0.5) is 0 Å². The van der Waals surface area contributed by atoms with Gasteiger partial charge in [-0.3, -0.25) is 0 Å². The lowest BCUT2D eigenvalue weighted by atomic mass is 9.89. The maximum Gasteiger partial charge on any atom is -0.0250 e. The van der Waals surface area contributed by atoms with E-state index >= 15 is 0 Å². The molecule has 114 valence electrons. The molecule has 0 saturated carbocycles. The minimum absolute atomic E-state index is 0.850. The fourth-order valence-electron chi connectivity index (χ4n) is 3.10. The molecule has 0 aliphatic carbocycles. The first-order chi connectivity index (χ1) is 9.66. The van der Waals surface area contributed by atoms with Gasteiger partial charge in [0.05, 0.1) is 0 Å². The highest BCUT2D eigenvalue weighted by Crippen LogP contribution is 2.22. The van der Waals surface area contributed by atoms with Gasteiger partial charge in [0.25, 0.3) is 0 Å². The molecule has 0 fully saturated rings. The van der Waals surface area contributed by atoms with Crippen LogP contribution in [0, 0.1) is 11.8 Å². The van der Waals surface area contributed by atoms with Gasteiger partial charge in [-0.15, -0.1) is 0 Å². The largest absolute Gasteiger partial charge is 0.0651 e. The molecule has 0 aromatic heterocycles. The van der Waals surface area contributed by atoms with Gasteiger partial charge >= 0.3 is 0 Å². The lowest BCUT2D eigenvalue weighted by Gasteiger charge is -2.17. The van der Waals surface area contributed by atoms with Crippen molar-refractivity contribution in [2.45, 2.75) is 79.6 Å². The first-order valence-electron chi connectivity index (χ1n) is 8.78. The van der Waals surface area contributed by atoms with Crippen molar-refractivity contribution in [3.8, 4) is 0 Å². The van der Waals surface area contributed by atoms with Gasteiger partial charge in [-0.1, -0.05) is 78.5 Å². The molecular weight excluding hydrogens is 240 g/mol. The Kier molecular flexibility index (Phi) is 7.95. The maximum absolute atomic E-state index is 2.48. The average molecular weight is 274 g/mol. The zero-order chi connectivity index (χ0) is 15.0. The molecule has 0 heterocycles. The highest BCUT2D eigenvalue weighted by atomic mass is 14.2. The number of benzene rings is 1. The standard InChI is InChI=1S/C20H34/c1-6-16(7-2)11-19-13-18(10-5)14-20(15-19)12-17(8-3)9-4/h13-17H,6-12H2,1-5H3. The van der Waals surface area contributed by atoms with E-state index < -0.39 is 0 Å². The second-order valence-electron chi connectivity index (χ2n) is 6.28. The van der Waals surface area contributed by atoms with Crippen molar-refractivity contribution in [1.82, 2.24) is 0 Å². The van der Waals surface area contributed by atoms with Crippen molar-refractivity contribution < 1.29 is 0 Å². The lowest BCUT2D eigenvalue weighted by molar-refractivity contribution is 0.484. The fourth-order valence-corrected chi connectivity index (χ4v) is 3.10. The van der Waals surface area contributed by atoms with Crippen LogP contribution in [0.15, 0.2) is 18.2 Å². The van der Waals surface area contributed by atoms with E-state index in [4.69, 9.17) is 0 Å². The van der Waals surface area contributed by atoms with Crippen LogP contribution in [0.1, 0.15) is 77.0 Å². The normalized spacial score (nSPS) is 11.6. The van der Waals surface area contributed by atoms with E-state index in [0.29, 0.717) is 0 Å². The molecule has 1 aromatic carbocycles. The summed E-state index contributed by atoms with van der Waals surface area (Å²) in [7, 11) is 0. The van der Waals surface area contributed by atoms with Gasteiger partial charge in [-0.05, 0) is 47.8 Å². The Morgan fingerprint density at radius 2 is 0.950 bits per heavy atom. The van der Waals surface area contributed by atoms with Gasteiger partial charge in [0, 0.05) is 0 Å². The molecule has 1 rings (SSSR count). The smallest absolute Gasteiger partial charge is 0.0250 e. The van der Waals surface area contributed by atoms with Crippen molar-refractivity contribution in [1.29, 1.82) is 0 Å². The maximum atomic E-state index is 2.48. The molecule has 0 nitrogen and oxygen atoms in total. The van der Waals surface area contributed by atoms with Crippen molar-refractivity contribution in [3.63, 3.8) is 0 Å². The predicted molar refractivity (Wildman–Crippen MR) is 91.4 cm³/mol. The Morgan fingerprint density at radius 3 is 1.25 bits per heavy atom. The molecule has 0 amide bonds. The number of aryl methyl sites for hydroxylation is 1. The van der Waals surface area contributed by atoms with Crippen LogP contribution < -0.4 is 0 Å². The van der Waals surface area contributed by atoms with Gasteiger partial charge in [0.1, 0.15) is 0 Å². The summed E-state index contributed by atoms with van der Waals surface area (Å²) in [4.78, 5) is 0. The zero-order valence-electron chi connectivity index (χ0n) is 14.3. The van der Waals surface area contributed by atoms with E-state index in [1.54, 1.807) is 11.1 Å². The van der Waals surface area contributed by atoms with Gasteiger partial charge in [-0.2, -0.15) is 0 Å².